The molecule has 20 heavy (non-hydrogen) atoms. The van der Waals surface area contributed by atoms with E-state index in [4.69, 9.17) is 5.73 Å². The first-order valence-corrected chi connectivity index (χ1v) is 5.39. The van der Waals surface area contributed by atoms with Crippen LogP contribution in [0.5, 0.6) is 0 Å². The molecule has 1 aromatic carbocycles. The number of nitrogen functional groups attached to an aromatic ring is 1. The van der Waals surface area contributed by atoms with Gasteiger partial charge in [0.05, 0.1) is 6.54 Å². The molecule has 9 heteroatoms. The van der Waals surface area contributed by atoms with Gasteiger partial charge < -0.3 is 11.1 Å². The van der Waals surface area contributed by atoms with Crippen LogP contribution in [0, 0.1) is 0 Å². The number of nitrogens with two attached hydrogens (primary N) is 1. The van der Waals surface area contributed by atoms with Crippen LogP contribution in [0.1, 0.15) is 10.4 Å². The summed E-state index contributed by atoms with van der Waals surface area (Å²) in [4.78, 5) is 26.5. The second-order valence-corrected chi connectivity index (χ2v) is 3.73. The Labute approximate surface area is 112 Å². The average molecular weight is 291 g/mol. The van der Waals surface area contributed by atoms with Crippen LogP contribution >= 0.6 is 0 Å². The number of amides is 2. The molecule has 1 aromatic rings. The van der Waals surface area contributed by atoms with E-state index in [-0.39, 0.29) is 5.56 Å². The van der Waals surface area contributed by atoms with E-state index in [0.717, 1.165) is 0 Å². The van der Waals surface area contributed by atoms with E-state index in [1.807, 2.05) is 0 Å². The largest absolute Gasteiger partial charge is 0.414 e. The van der Waals surface area contributed by atoms with Gasteiger partial charge in [0.15, 0.2) is 6.61 Å². The highest BCUT2D eigenvalue weighted by atomic mass is 19.4. The summed E-state index contributed by atoms with van der Waals surface area (Å²) in [5.74, 6) is -1.46. The van der Waals surface area contributed by atoms with Gasteiger partial charge in [-0.1, -0.05) is 0 Å². The number of rotatable bonds is 5. The molecule has 0 aliphatic rings. The van der Waals surface area contributed by atoms with Gasteiger partial charge in [-0.15, -0.1) is 0 Å². The van der Waals surface area contributed by atoms with Crippen molar-refractivity contribution in [1.82, 2.24) is 10.8 Å². The van der Waals surface area contributed by atoms with Gasteiger partial charge in [0, 0.05) is 11.3 Å². The predicted octanol–water partition coefficient (Wildman–Crippen LogP) is 0.609. The SMILES string of the molecule is Nc1ccc(C(=O)NCC(=O)NOCC(F)(F)F)cc1. The summed E-state index contributed by atoms with van der Waals surface area (Å²) >= 11 is 0. The summed E-state index contributed by atoms with van der Waals surface area (Å²) < 4.78 is 35.2. The summed E-state index contributed by atoms with van der Waals surface area (Å²) in [6, 6.07) is 5.90. The standard InChI is InChI=1S/C11H12F3N3O3/c12-11(13,14)6-20-17-9(18)5-16-10(19)7-1-3-8(15)4-2-7/h1-4H,5-6,15H2,(H,16,19)(H,17,18). The second kappa shape index (κ2) is 6.75. The molecule has 0 bridgehead atoms. The quantitative estimate of drug-likeness (QED) is 0.547. The lowest BCUT2D eigenvalue weighted by atomic mass is 10.2. The van der Waals surface area contributed by atoms with Gasteiger partial charge in [0.2, 0.25) is 0 Å². The van der Waals surface area contributed by atoms with Crippen molar-refractivity contribution >= 4 is 17.5 Å². The first-order chi connectivity index (χ1) is 9.28. The number of carbonyl (C=O) groups excluding carboxylic acids is 2. The molecule has 1 rings (SSSR count). The highest BCUT2D eigenvalue weighted by Gasteiger charge is 2.28. The van der Waals surface area contributed by atoms with Gasteiger partial charge in [0.25, 0.3) is 11.8 Å². The Morgan fingerprint density at radius 1 is 1.20 bits per heavy atom. The van der Waals surface area contributed by atoms with E-state index in [9.17, 15) is 22.8 Å². The number of hydroxylamine groups is 1. The summed E-state index contributed by atoms with van der Waals surface area (Å²) in [7, 11) is 0. The Hall–Kier alpha value is -2.29. The lowest BCUT2D eigenvalue weighted by molar-refractivity contribution is -0.191. The van der Waals surface area contributed by atoms with E-state index in [1.54, 1.807) is 5.48 Å². The Kier molecular flexibility index (Phi) is 5.32. The Bertz CT molecular complexity index is 474. The molecular weight excluding hydrogens is 279 g/mol. The van der Waals surface area contributed by atoms with E-state index in [0.29, 0.717) is 5.69 Å². The van der Waals surface area contributed by atoms with Crippen LogP contribution in [0.3, 0.4) is 0 Å². The maximum Gasteiger partial charge on any atom is 0.414 e. The fourth-order valence-corrected chi connectivity index (χ4v) is 1.13. The second-order valence-electron chi connectivity index (χ2n) is 3.73. The van der Waals surface area contributed by atoms with E-state index >= 15 is 0 Å². The molecule has 0 heterocycles. The maximum atomic E-state index is 11.7. The van der Waals surface area contributed by atoms with Gasteiger partial charge >= 0.3 is 6.18 Å². The molecule has 0 fully saturated rings. The van der Waals surface area contributed by atoms with E-state index in [1.165, 1.54) is 24.3 Å². The third-order valence-corrected chi connectivity index (χ3v) is 2.00. The first-order valence-electron chi connectivity index (χ1n) is 5.39. The van der Waals surface area contributed by atoms with E-state index < -0.39 is 31.1 Å². The van der Waals surface area contributed by atoms with Crippen LogP contribution in [-0.2, 0) is 9.63 Å². The van der Waals surface area contributed by atoms with E-state index in [2.05, 4.69) is 10.2 Å². The van der Waals surface area contributed by atoms with Crippen LogP contribution in [0.15, 0.2) is 24.3 Å². The van der Waals surface area contributed by atoms with Crippen molar-refractivity contribution in [3.63, 3.8) is 0 Å². The molecule has 0 aliphatic carbocycles. The van der Waals surface area contributed by atoms with Crippen LogP contribution in [0.25, 0.3) is 0 Å². The minimum Gasteiger partial charge on any atom is -0.399 e. The van der Waals surface area contributed by atoms with Crippen molar-refractivity contribution in [2.75, 3.05) is 18.9 Å². The molecular formula is C11H12F3N3O3. The zero-order valence-electron chi connectivity index (χ0n) is 10.2. The van der Waals surface area contributed by atoms with Crippen molar-refractivity contribution < 1.29 is 27.6 Å². The Balaban J connectivity index is 2.30. The summed E-state index contributed by atoms with van der Waals surface area (Å²) in [6.07, 6.45) is -4.54. The molecule has 6 nitrogen and oxygen atoms in total. The van der Waals surface area contributed by atoms with Gasteiger partial charge in [-0.2, -0.15) is 13.2 Å². The number of hydrogen-bond acceptors (Lipinski definition) is 4. The number of alkyl halides is 3. The molecule has 0 radical (unpaired) electrons. The van der Waals surface area contributed by atoms with Gasteiger partial charge in [-0.3, -0.25) is 14.4 Å². The number of anilines is 1. The molecule has 4 N–H and O–H groups in total. The predicted molar refractivity (Wildman–Crippen MR) is 63.3 cm³/mol. The van der Waals surface area contributed by atoms with Gasteiger partial charge in [0.1, 0.15) is 0 Å². The van der Waals surface area contributed by atoms with Crippen LogP contribution in [0.2, 0.25) is 0 Å². The fourth-order valence-electron chi connectivity index (χ4n) is 1.13. The highest BCUT2D eigenvalue weighted by molar-refractivity contribution is 5.96. The average Bonchev–Trinajstić information content (AvgIpc) is 2.35. The Morgan fingerprint density at radius 3 is 2.35 bits per heavy atom. The number of benzene rings is 1. The van der Waals surface area contributed by atoms with Gasteiger partial charge in [-0.25, -0.2) is 5.48 Å². The van der Waals surface area contributed by atoms with Crippen LogP contribution in [0.4, 0.5) is 18.9 Å². The molecule has 0 saturated heterocycles. The Morgan fingerprint density at radius 2 is 1.80 bits per heavy atom. The lowest BCUT2D eigenvalue weighted by Gasteiger charge is -2.09. The number of halogens is 3. The smallest absolute Gasteiger partial charge is 0.399 e. The van der Waals surface area contributed by atoms with Crippen molar-refractivity contribution in [1.29, 1.82) is 0 Å². The van der Waals surface area contributed by atoms with Crippen molar-refractivity contribution in [3.05, 3.63) is 29.8 Å². The zero-order chi connectivity index (χ0) is 15.2. The molecule has 0 aromatic heterocycles. The minimum atomic E-state index is -4.54. The van der Waals surface area contributed by atoms with Crippen molar-refractivity contribution in [3.8, 4) is 0 Å². The lowest BCUT2D eigenvalue weighted by Crippen LogP contribution is -2.38. The number of nitrogens with one attached hydrogen (secondary N) is 2. The van der Waals surface area contributed by atoms with Crippen LogP contribution in [-0.4, -0.2) is 31.1 Å². The molecule has 0 aliphatic heterocycles. The van der Waals surface area contributed by atoms with Crippen LogP contribution < -0.4 is 16.5 Å². The van der Waals surface area contributed by atoms with Crippen molar-refractivity contribution in [2.24, 2.45) is 0 Å². The molecule has 2 amide bonds. The normalized spacial score (nSPS) is 10.9. The summed E-state index contributed by atoms with van der Waals surface area (Å²) in [5.41, 5.74) is 7.74. The maximum absolute atomic E-state index is 11.7. The molecule has 0 atom stereocenters. The molecule has 0 unspecified atom stereocenters. The topological polar surface area (TPSA) is 93.5 Å². The molecule has 0 spiro atoms. The monoisotopic (exact) mass is 291 g/mol. The summed E-state index contributed by atoms with van der Waals surface area (Å²) in [5, 5.41) is 2.21. The summed E-state index contributed by atoms with van der Waals surface area (Å²) in [6.45, 7) is -2.12. The van der Waals surface area contributed by atoms with Crippen molar-refractivity contribution in [2.45, 2.75) is 6.18 Å². The molecule has 0 saturated carbocycles. The highest BCUT2D eigenvalue weighted by Crippen LogP contribution is 2.13. The minimum absolute atomic E-state index is 0.267. The molecule has 110 valence electrons. The third kappa shape index (κ3) is 6.05. The third-order valence-electron chi connectivity index (χ3n) is 2.00. The number of carbonyl (C=O) groups is 2. The zero-order valence-corrected chi connectivity index (χ0v) is 10.2. The van der Waals surface area contributed by atoms with Gasteiger partial charge in [-0.05, 0) is 24.3 Å². The number of hydrogen-bond donors (Lipinski definition) is 3. The fraction of sp³-hybridized carbons (Fsp3) is 0.273. The first kappa shape index (κ1) is 15.8.